The largest absolute Gasteiger partial charge is 0.514 e. The van der Waals surface area contributed by atoms with E-state index in [2.05, 4.69) is 4.98 Å². The third-order valence-corrected chi connectivity index (χ3v) is 4.18. The van der Waals surface area contributed by atoms with Gasteiger partial charge in [-0.25, -0.2) is 0 Å². The predicted molar refractivity (Wildman–Crippen MR) is 80.1 cm³/mol. The van der Waals surface area contributed by atoms with Gasteiger partial charge in [-0.1, -0.05) is 6.07 Å². The third-order valence-electron chi connectivity index (χ3n) is 4.18. The van der Waals surface area contributed by atoms with Crippen LogP contribution < -0.4 is 5.59 Å². The Bertz CT molecular complexity index is 484. The summed E-state index contributed by atoms with van der Waals surface area (Å²) < 4.78 is 12.0. The van der Waals surface area contributed by atoms with Crippen molar-refractivity contribution in [2.75, 3.05) is 0 Å². The van der Waals surface area contributed by atoms with Crippen molar-refractivity contribution in [3.05, 3.63) is 23.4 Å². The molecule has 0 aromatic carbocycles. The minimum atomic E-state index is -0.430. The van der Waals surface area contributed by atoms with Crippen molar-refractivity contribution < 1.29 is 14.4 Å². The highest BCUT2D eigenvalue weighted by molar-refractivity contribution is 6.61. The van der Waals surface area contributed by atoms with Crippen molar-refractivity contribution in [1.29, 1.82) is 0 Å². The molecule has 0 bridgehead atoms. The summed E-state index contributed by atoms with van der Waals surface area (Å²) >= 11 is 0. The van der Waals surface area contributed by atoms with Crippen molar-refractivity contribution in [2.24, 2.45) is 0 Å². The molecule has 1 saturated heterocycles. The second-order valence-corrected chi connectivity index (χ2v) is 6.69. The van der Waals surface area contributed by atoms with Gasteiger partial charge in [-0.05, 0) is 59.1 Å². The van der Waals surface area contributed by atoms with Crippen LogP contribution in [-0.4, -0.2) is 34.5 Å². The summed E-state index contributed by atoms with van der Waals surface area (Å²) in [7, 11) is -0.430. The van der Waals surface area contributed by atoms with Gasteiger partial charge in [-0.15, -0.1) is 0 Å². The zero-order valence-electron chi connectivity index (χ0n) is 13.2. The first-order valence-electron chi connectivity index (χ1n) is 7.11. The van der Waals surface area contributed by atoms with Gasteiger partial charge in [-0.3, -0.25) is 4.98 Å². The summed E-state index contributed by atoms with van der Waals surface area (Å²) in [6.07, 6.45) is 2.04. The molecule has 5 heteroatoms. The average molecular weight is 277 g/mol. The first kappa shape index (κ1) is 15.5. The molecule has 1 aliphatic heterocycles. The number of nitrogens with zero attached hydrogens (tertiary/aromatic N) is 1. The summed E-state index contributed by atoms with van der Waals surface area (Å²) in [6.45, 7) is 11.9. The van der Waals surface area contributed by atoms with Crippen molar-refractivity contribution >= 4 is 12.7 Å². The topological polar surface area (TPSA) is 51.6 Å². The second-order valence-electron chi connectivity index (χ2n) is 6.69. The van der Waals surface area contributed by atoms with E-state index in [0.29, 0.717) is 6.42 Å². The standard InChI is InChI=1S/C15H24BNO3/c1-10-7-12(8-11(2)18)9-17-13(10)16-19-14(3,4)15(5,6)20-16/h7,9,11,18H,8H2,1-6H3. The molecule has 1 aliphatic rings. The molecule has 1 aromatic rings. The number of aliphatic hydroxyl groups is 1. The number of aromatic nitrogens is 1. The lowest BCUT2D eigenvalue weighted by molar-refractivity contribution is 0.00578. The van der Waals surface area contributed by atoms with Gasteiger partial charge < -0.3 is 14.4 Å². The van der Waals surface area contributed by atoms with Crippen LogP contribution in [0.15, 0.2) is 12.3 Å². The molecule has 0 aliphatic carbocycles. The summed E-state index contributed by atoms with van der Waals surface area (Å²) in [5.74, 6) is 0. The van der Waals surface area contributed by atoms with E-state index in [1.54, 1.807) is 13.1 Å². The van der Waals surface area contributed by atoms with Gasteiger partial charge in [0.2, 0.25) is 0 Å². The van der Waals surface area contributed by atoms with Crippen LogP contribution in [0.2, 0.25) is 0 Å². The molecular weight excluding hydrogens is 253 g/mol. The lowest BCUT2D eigenvalue weighted by atomic mass is 9.81. The van der Waals surface area contributed by atoms with Crippen molar-refractivity contribution in [1.82, 2.24) is 4.98 Å². The van der Waals surface area contributed by atoms with Gasteiger partial charge in [0.25, 0.3) is 0 Å². The lowest BCUT2D eigenvalue weighted by Gasteiger charge is -2.32. The molecule has 20 heavy (non-hydrogen) atoms. The SMILES string of the molecule is Cc1cc(CC(C)O)cnc1B1OC(C)(C)C(C)(C)O1. The van der Waals surface area contributed by atoms with E-state index in [1.165, 1.54) is 0 Å². The number of hydrogen-bond donors (Lipinski definition) is 1. The smallest absolute Gasteiger partial charge is 0.398 e. The Hall–Kier alpha value is -0.905. The molecule has 110 valence electrons. The van der Waals surface area contributed by atoms with Gasteiger partial charge in [0, 0.05) is 6.20 Å². The zero-order chi connectivity index (χ0) is 15.1. The zero-order valence-corrected chi connectivity index (χ0v) is 13.2. The van der Waals surface area contributed by atoms with E-state index in [1.807, 2.05) is 40.7 Å². The van der Waals surface area contributed by atoms with Crippen LogP contribution >= 0.6 is 0 Å². The molecule has 0 saturated carbocycles. The molecule has 1 aromatic heterocycles. The minimum Gasteiger partial charge on any atom is -0.398 e. The molecule has 2 heterocycles. The van der Waals surface area contributed by atoms with E-state index in [0.717, 1.165) is 16.7 Å². The van der Waals surface area contributed by atoms with Crippen molar-refractivity contribution in [2.45, 2.75) is 65.3 Å². The molecule has 1 atom stereocenters. The van der Waals surface area contributed by atoms with Crippen molar-refractivity contribution in [3.8, 4) is 0 Å². The van der Waals surface area contributed by atoms with Gasteiger partial charge in [0.1, 0.15) is 0 Å². The number of hydrogen-bond acceptors (Lipinski definition) is 4. The number of aliphatic hydroxyl groups excluding tert-OH is 1. The Kier molecular flexibility index (Phi) is 3.97. The van der Waals surface area contributed by atoms with E-state index in [4.69, 9.17) is 9.31 Å². The summed E-state index contributed by atoms with van der Waals surface area (Å²) in [4.78, 5) is 4.48. The quantitative estimate of drug-likeness (QED) is 0.853. The maximum atomic E-state index is 9.44. The first-order chi connectivity index (χ1) is 9.12. The fraction of sp³-hybridized carbons (Fsp3) is 0.667. The fourth-order valence-corrected chi connectivity index (χ4v) is 2.30. The summed E-state index contributed by atoms with van der Waals surface area (Å²) in [5, 5.41) is 9.44. The number of rotatable bonds is 3. The van der Waals surface area contributed by atoms with E-state index in [-0.39, 0.29) is 17.3 Å². The van der Waals surface area contributed by atoms with Crippen LogP contribution in [0.25, 0.3) is 0 Å². The van der Waals surface area contributed by atoms with Gasteiger partial charge in [-0.2, -0.15) is 0 Å². The molecule has 2 rings (SSSR count). The highest BCUT2D eigenvalue weighted by atomic mass is 16.7. The second kappa shape index (κ2) is 5.13. The van der Waals surface area contributed by atoms with Crippen LogP contribution in [-0.2, 0) is 15.7 Å². The van der Waals surface area contributed by atoms with Crippen LogP contribution in [0, 0.1) is 6.92 Å². The molecule has 4 nitrogen and oxygen atoms in total. The van der Waals surface area contributed by atoms with Gasteiger partial charge in [0.05, 0.1) is 22.9 Å². The van der Waals surface area contributed by atoms with Crippen LogP contribution in [0.4, 0.5) is 0 Å². The monoisotopic (exact) mass is 277 g/mol. The van der Waals surface area contributed by atoms with Gasteiger partial charge >= 0.3 is 7.12 Å². The van der Waals surface area contributed by atoms with Gasteiger partial charge in [0.15, 0.2) is 0 Å². The molecule has 0 spiro atoms. The van der Waals surface area contributed by atoms with E-state index in [9.17, 15) is 5.11 Å². The minimum absolute atomic E-state index is 0.357. The highest BCUT2D eigenvalue weighted by Crippen LogP contribution is 2.36. The molecule has 1 unspecified atom stereocenters. The summed E-state index contributed by atoms with van der Waals surface area (Å²) in [5.41, 5.74) is 2.16. The Morgan fingerprint density at radius 3 is 2.25 bits per heavy atom. The average Bonchev–Trinajstić information content (AvgIpc) is 2.46. The molecule has 0 radical (unpaired) electrons. The Morgan fingerprint density at radius 1 is 1.25 bits per heavy atom. The summed E-state index contributed by atoms with van der Waals surface area (Å²) in [6, 6.07) is 2.04. The maximum Gasteiger partial charge on any atom is 0.514 e. The van der Waals surface area contributed by atoms with E-state index >= 15 is 0 Å². The maximum absolute atomic E-state index is 9.44. The Balaban J connectivity index is 2.23. The molecule has 0 amide bonds. The molecule has 1 N–H and O–H groups in total. The molecular formula is C15H24BNO3. The lowest BCUT2D eigenvalue weighted by Crippen LogP contribution is -2.41. The van der Waals surface area contributed by atoms with Crippen molar-refractivity contribution in [3.63, 3.8) is 0 Å². The number of aryl methyl sites for hydroxylation is 1. The number of pyridine rings is 1. The fourth-order valence-electron chi connectivity index (χ4n) is 2.30. The predicted octanol–water partition coefficient (Wildman–Crippen LogP) is 1.61. The highest BCUT2D eigenvalue weighted by Gasteiger charge is 2.52. The molecule has 1 fully saturated rings. The Labute approximate surface area is 121 Å². The van der Waals surface area contributed by atoms with E-state index < -0.39 is 7.12 Å². The van der Waals surface area contributed by atoms with Crippen LogP contribution in [0.3, 0.4) is 0 Å². The van der Waals surface area contributed by atoms with Crippen LogP contribution in [0.5, 0.6) is 0 Å². The first-order valence-corrected chi connectivity index (χ1v) is 7.11. The normalized spacial score (nSPS) is 22.1. The van der Waals surface area contributed by atoms with Crippen LogP contribution in [0.1, 0.15) is 45.7 Å². The Morgan fingerprint density at radius 2 is 1.80 bits per heavy atom. The third kappa shape index (κ3) is 2.90.